The largest absolute Gasteiger partial charge is 0.411 e. The van der Waals surface area contributed by atoms with Crippen LogP contribution in [0.5, 0.6) is 0 Å². The van der Waals surface area contributed by atoms with Crippen LogP contribution >= 0.6 is 0 Å². The summed E-state index contributed by atoms with van der Waals surface area (Å²) in [6, 6.07) is 0.483. The van der Waals surface area contributed by atoms with E-state index >= 15 is 0 Å². The van der Waals surface area contributed by atoms with Gasteiger partial charge >= 0.3 is 0 Å². The van der Waals surface area contributed by atoms with E-state index in [4.69, 9.17) is 5.21 Å². The highest BCUT2D eigenvalue weighted by atomic mass is 16.4. The molecule has 1 saturated carbocycles. The minimum atomic E-state index is 0.483. The molecule has 0 radical (unpaired) electrons. The molecule has 106 valence electrons. The van der Waals surface area contributed by atoms with Gasteiger partial charge in [-0.15, -0.1) is 0 Å². The fourth-order valence-electron chi connectivity index (χ4n) is 2.87. The van der Waals surface area contributed by atoms with Gasteiger partial charge in [-0.3, -0.25) is 0 Å². The minimum Gasteiger partial charge on any atom is -0.411 e. The molecule has 1 fully saturated rings. The first-order valence-corrected chi connectivity index (χ1v) is 7.12. The Morgan fingerprint density at radius 2 is 2.25 bits per heavy atom. The molecular formula is C14H19N5O. The van der Waals surface area contributed by atoms with Crippen LogP contribution in [0.25, 0.3) is 11.0 Å². The Morgan fingerprint density at radius 1 is 1.45 bits per heavy atom. The smallest absolute Gasteiger partial charge is 0.159 e. The second-order valence-corrected chi connectivity index (χ2v) is 5.16. The van der Waals surface area contributed by atoms with Gasteiger partial charge in [0.05, 0.1) is 23.5 Å². The number of anilines is 1. The maximum atomic E-state index is 8.82. The van der Waals surface area contributed by atoms with Crippen molar-refractivity contribution in [2.24, 2.45) is 5.16 Å². The zero-order chi connectivity index (χ0) is 13.9. The number of aryl methyl sites for hydroxylation is 1. The number of fused-ring (bicyclic) bond motifs is 1. The summed E-state index contributed by atoms with van der Waals surface area (Å²) < 4.78 is 1.87. The van der Waals surface area contributed by atoms with Gasteiger partial charge in [0.1, 0.15) is 0 Å². The maximum Gasteiger partial charge on any atom is 0.159 e. The molecule has 1 aliphatic carbocycles. The third kappa shape index (κ3) is 2.21. The van der Waals surface area contributed by atoms with Crippen molar-refractivity contribution in [3.63, 3.8) is 0 Å². The molecular weight excluding hydrogens is 254 g/mol. The van der Waals surface area contributed by atoms with Gasteiger partial charge in [-0.05, 0) is 19.8 Å². The van der Waals surface area contributed by atoms with E-state index in [1.54, 1.807) is 6.20 Å². The van der Waals surface area contributed by atoms with Crippen LogP contribution in [0.4, 0.5) is 5.69 Å². The van der Waals surface area contributed by atoms with Crippen molar-refractivity contribution >= 4 is 22.9 Å². The number of hydrogen-bond acceptors (Lipinski definition) is 5. The van der Waals surface area contributed by atoms with Gasteiger partial charge in [-0.25, -0.2) is 9.67 Å². The van der Waals surface area contributed by atoms with Crippen molar-refractivity contribution in [3.8, 4) is 0 Å². The fourth-order valence-corrected chi connectivity index (χ4v) is 2.87. The van der Waals surface area contributed by atoms with Crippen LogP contribution in [0, 0.1) is 0 Å². The third-order valence-corrected chi connectivity index (χ3v) is 3.90. The molecule has 0 spiro atoms. The molecule has 0 amide bonds. The summed E-state index contributed by atoms with van der Waals surface area (Å²) in [6.45, 7) is 2.83. The first-order chi connectivity index (χ1) is 9.83. The van der Waals surface area contributed by atoms with Crippen LogP contribution < -0.4 is 5.32 Å². The standard InChI is InChI=1S/C14H19N5O/c1-2-19-14-12(9-16-19)13(10(7-15-14)8-17-20)18-11-5-3-4-6-11/h7-9,11,20H,2-6H2,1H3,(H,15,18)/b17-8+. The van der Waals surface area contributed by atoms with Gasteiger partial charge in [-0.2, -0.15) is 5.10 Å². The van der Waals surface area contributed by atoms with Crippen molar-refractivity contribution < 1.29 is 5.21 Å². The van der Waals surface area contributed by atoms with Crippen molar-refractivity contribution in [3.05, 3.63) is 18.0 Å². The minimum absolute atomic E-state index is 0.483. The molecule has 0 atom stereocenters. The Morgan fingerprint density at radius 3 is 2.95 bits per heavy atom. The summed E-state index contributed by atoms with van der Waals surface area (Å²) in [5, 5.41) is 20.9. The normalized spacial score (nSPS) is 16.4. The Labute approximate surface area is 117 Å². The number of oxime groups is 1. The second-order valence-electron chi connectivity index (χ2n) is 5.16. The Kier molecular flexibility index (Phi) is 3.54. The maximum absolute atomic E-state index is 8.82. The summed E-state index contributed by atoms with van der Waals surface area (Å²) in [5.74, 6) is 0. The highest BCUT2D eigenvalue weighted by molar-refractivity contribution is 6.00. The molecule has 0 aliphatic heterocycles. The SMILES string of the molecule is CCn1ncc2c(NC3CCCC3)c(/C=N/O)cnc21. The zero-order valence-corrected chi connectivity index (χ0v) is 11.6. The first-order valence-electron chi connectivity index (χ1n) is 7.12. The number of hydrogen-bond donors (Lipinski definition) is 2. The summed E-state index contributed by atoms with van der Waals surface area (Å²) >= 11 is 0. The van der Waals surface area contributed by atoms with Crippen molar-refractivity contribution in [2.75, 3.05) is 5.32 Å². The molecule has 0 bridgehead atoms. The van der Waals surface area contributed by atoms with Crippen LogP contribution in [0.2, 0.25) is 0 Å². The van der Waals surface area contributed by atoms with Crippen LogP contribution in [0.1, 0.15) is 38.2 Å². The molecule has 1 aliphatic rings. The van der Waals surface area contributed by atoms with Gasteiger partial charge in [0.2, 0.25) is 0 Å². The molecule has 0 unspecified atom stereocenters. The molecule has 2 heterocycles. The van der Waals surface area contributed by atoms with Gasteiger partial charge in [0, 0.05) is 24.3 Å². The Balaban J connectivity index is 2.07. The predicted octanol–water partition coefficient (Wildman–Crippen LogP) is 2.61. The van der Waals surface area contributed by atoms with E-state index in [2.05, 4.69) is 20.6 Å². The van der Waals surface area contributed by atoms with Crippen molar-refractivity contribution in [1.82, 2.24) is 14.8 Å². The van der Waals surface area contributed by atoms with E-state index in [0.29, 0.717) is 6.04 Å². The first kappa shape index (κ1) is 12.9. The lowest BCUT2D eigenvalue weighted by Gasteiger charge is -2.16. The highest BCUT2D eigenvalue weighted by Crippen LogP contribution is 2.29. The van der Waals surface area contributed by atoms with Crippen molar-refractivity contribution in [1.29, 1.82) is 0 Å². The molecule has 2 aromatic rings. The van der Waals surface area contributed by atoms with Crippen molar-refractivity contribution in [2.45, 2.75) is 45.2 Å². The molecule has 0 saturated heterocycles. The number of nitrogens with zero attached hydrogens (tertiary/aromatic N) is 4. The molecule has 2 aromatic heterocycles. The number of pyridine rings is 1. The average Bonchev–Trinajstić information content (AvgIpc) is 3.10. The molecule has 2 N–H and O–H groups in total. The monoisotopic (exact) mass is 273 g/mol. The van der Waals surface area contributed by atoms with E-state index in [0.717, 1.165) is 28.8 Å². The molecule has 6 nitrogen and oxygen atoms in total. The van der Waals surface area contributed by atoms with Crippen LogP contribution in [0.3, 0.4) is 0 Å². The fraction of sp³-hybridized carbons (Fsp3) is 0.500. The van der Waals surface area contributed by atoms with Crippen LogP contribution in [0.15, 0.2) is 17.5 Å². The topological polar surface area (TPSA) is 75.3 Å². The van der Waals surface area contributed by atoms with Crippen LogP contribution in [-0.4, -0.2) is 32.2 Å². The summed E-state index contributed by atoms with van der Waals surface area (Å²) in [7, 11) is 0. The van der Waals surface area contributed by atoms with Gasteiger partial charge in [0.15, 0.2) is 5.65 Å². The third-order valence-electron chi connectivity index (χ3n) is 3.90. The summed E-state index contributed by atoms with van der Waals surface area (Å²) in [6.07, 6.45) is 9.88. The predicted molar refractivity (Wildman–Crippen MR) is 78.5 cm³/mol. The highest BCUT2D eigenvalue weighted by Gasteiger charge is 2.19. The second kappa shape index (κ2) is 5.48. The van der Waals surface area contributed by atoms with Gasteiger partial charge in [0.25, 0.3) is 0 Å². The molecule has 6 heteroatoms. The molecule has 20 heavy (non-hydrogen) atoms. The quantitative estimate of drug-likeness (QED) is 0.510. The lowest BCUT2D eigenvalue weighted by atomic mass is 10.1. The number of rotatable bonds is 4. The van der Waals surface area contributed by atoms with E-state index in [-0.39, 0.29) is 0 Å². The van der Waals surface area contributed by atoms with Gasteiger partial charge < -0.3 is 10.5 Å². The average molecular weight is 273 g/mol. The van der Waals surface area contributed by atoms with E-state index < -0.39 is 0 Å². The molecule has 0 aromatic carbocycles. The Bertz CT molecular complexity index is 628. The lowest BCUT2D eigenvalue weighted by Crippen LogP contribution is -2.16. The van der Waals surface area contributed by atoms with E-state index in [1.807, 2.05) is 17.8 Å². The lowest BCUT2D eigenvalue weighted by molar-refractivity contribution is 0.322. The zero-order valence-electron chi connectivity index (χ0n) is 11.6. The number of aromatic nitrogens is 3. The number of nitrogens with one attached hydrogen (secondary N) is 1. The van der Waals surface area contributed by atoms with E-state index in [9.17, 15) is 0 Å². The van der Waals surface area contributed by atoms with Gasteiger partial charge in [-0.1, -0.05) is 18.0 Å². The molecule has 3 rings (SSSR count). The Hall–Kier alpha value is -2.11. The summed E-state index contributed by atoms with van der Waals surface area (Å²) in [4.78, 5) is 4.42. The van der Waals surface area contributed by atoms with Crippen LogP contribution in [-0.2, 0) is 6.54 Å². The summed E-state index contributed by atoms with van der Waals surface area (Å²) in [5.41, 5.74) is 2.63. The van der Waals surface area contributed by atoms with E-state index in [1.165, 1.54) is 31.9 Å².